The predicted molar refractivity (Wildman–Crippen MR) is 94.1 cm³/mol. The number of amides is 1. The van der Waals surface area contributed by atoms with Gasteiger partial charge in [-0.3, -0.25) is 9.78 Å². The molecule has 0 spiro atoms. The first kappa shape index (κ1) is 16.3. The van der Waals surface area contributed by atoms with Crippen LogP contribution in [0.15, 0.2) is 41.1 Å². The van der Waals surface area contributed by atoms with Gasteiger partial charge in [-0.2, -0.15) is 4.98 Å². The number of pyridine rings is 1. The third-order valence-electron chi connectivity index (χ3n) is 4.22. The minimum atomic E-state index is -0.258. The Hall–Kier alpha value is -3.22. The SMILES string of the molecule is CNC(=O)c1cc(Oc2ccc(-c3noc(C4CC4)n3)cc2C)ccn1. The summed E-state index contributed by atoms with van der Waals surface area (Å²) in [4.78, 5) is 20.2. The minimum absolute atomic E-state index is 0.258. The van der Waals surface area contributed by atoms with Crippen molar-refractivity contribution in [3.05, 3.63) is 53.7 Å². The molecule has 1 saturated carbocycles. The highest BCUT2D eigenvalue weighted by atomic mass is 16.5. The number of hydrogen-bond donors (Lipinski definition) is 1. The van der Waals surface area contributed by atoms with Crippen molar-refractivity contribution in [3.8, 4) is 22.9 Å². The standard InChI is InChI=1S/C19H18N4O3/c1-11-9-13(17-22-19(26-23-17)12-3-4-12)5-6-16(11)25-14-7-8-21-15(10-14)18(24)20-2/h5-10,12H,3-4H2,1-2H3,(H,20,24). The fraction of sp³-hybridized carbons (Fsp3) is 0.263. The quantitative estimate of drug-likeness (QED) is 0.758. The summed E-state index contributed by atoms with van der Waals surface area (Å²) in [7, 11) is 1.56. The van der Waals surface area contributed by atoms with Crippen molar-refractivity contribution in [2.24, 2.45) is 0 Å². The smallest absolute Gasteiger partial charge is 0.269 e. The largest absolute Gasteiger partial charge is 0.457 e. The van der Waals surface area contributed by atoms with E-state index in [-0.39, 0.29) is 5.91 Å². The van der Waals surface area contributed by atoms with Gasteiger partial charge in [0.05, 0.1) is 0 Å². The molecule has 2 heterocycles. The molecule has 0 saturated heterocycles. The fourth-order valence-corrected chi connectivity index (χ4v) is 2.61. The van der Waals surface area contributed by atoms with E-state index >= 15 is 0 Å². The van der Waals surface area contributed by atoms with Crippen LogP contribution in [0.25, 0.3) is 11.4 Å². The van der Waals surface area contributed by atoms with Crippen LogP contribution in [-0.4, -0.2) is 28.1 Å². The maximum absolute atomic E-state index is 11.7. The zero-order valence-electron chi connectivity index (χ0n) is 14.5. The van der Waals surface area contributed by atoms with Crippen LogP contribution < -0.4 is 10.1 Å². The van der Waals surface area contributed by atoms with Crippen molar-refractivity contribution in [2.75, 3.05) is 7.05 Å². The lowest BCUT2D eigenvalue weighted by Crippen LogP contribution is -2.18. The summed E-state index contributed by atoms with van der Waals surface area (Å²) in [5, 5.41) is 6.61. The molecule has 1 aromatic carbocycles. The van der Waals surface area contributed by atoms with Crippen LogP contribution in [0.2, 0.25) is 0 Å². The fourth-order valence-electron chi connectivity index (χ4n) is 2.61. The van der Waals surface area contributed by atoms with Gasteiger partial charge in [-0.15, -0.1) is 0 Å². The Balaban J connectivity index is 1.55. The molecule has 1 amide bonds. The summed E-state index contributed by atoms with van der Waals surface area (Å²) >= 11 is 0. The van der Waals surface area contributed by atoms with Gasteiger partial charge in [0.15, 0.2) is 0 Å². The van der Waals surface area contributed by atoms with Crippen molar-refractivity contribution >= 4 is 5.91 Å². The zero-order chi connectivity index (χ0) is 18.1. The van der Waals surface area contributed by atoms with E-state index in [9.17, 15) is 4.79 Å². The predicted octanol–water partition coefficient (Wildman–Crippen LogP) is 3.47. The number of hydrogen-bond acceptors (Lipinski definition) is 6. The van der Waals surface area contributed by atoms with Crippen LogP contribution in [0, 0.1) is 6.92 Å². The molecule has 3 aromatic rings. The number of nitrogens with one attached hydrogen (secondary N) is 1. The molecule has 2 aromatic heterocycles. The van der Waals surface area contributed by atoms with E-state index in [0.29, 0.717) is 28.9 Å². The molecule has 0 unspecified atom stereocenters. The molecule has 1 N–H and O–H groups in total. The number of rotatable bonds is 5. The Labute approximate surface area is 150 Å². The number of nitrogens with zero attached hydrogens (tertiary/aromatic N) is 3. The number of ether oxygens (including phenoxy) is 1. The van der Waals surface area contributed by atoms with Gasteiger partial charge in [-0.1, -0.05) is 5.16 Å². The van der Waals surface area contributed by atoms with Gasteiger partial charge in [0.2, 0.25) is 11.7 Å². The molecule has 26 heavy (non-hydrogen) atoms. The van der Waals surface area contributed by atoms with Crippen molar-refractivity contribution in [3.63, 3.8) is 0 Å². The molecular weight excluding hydrogens is 332 g/mol. The van der Waals surface area contributed by atoms with Crippen LogP contribution in [0.1, 0.15) is 40.7 Å². The van der Waals surface area contributed by atoms with Gasteiger partial charge in [-0.05, 0) is 49.6 Å². The van der Waals surface area contributed by atoms with E-state index in [4.69, 9.17) is 9.26 Å². The molecule has 0 bridgehead atoms. The summed E-state index contributed by atoms with van der Waals surface area (Å²) in [5.74, 6) is 2.72. The van der Waals surface area contributed by atoms with E-state index in [1.807, 2.05) is 25.1 Å². The second kappa shape index (κ2) is 6.59. The Kier molecular flexibility index (Phi) is 4.12. The minimum Gasteiger partial charge on any atom is -0.457 e. The molecular formula is C19H18N4O3. The van der Waals surface area contributed by atoms with Crippen LogP contribution >= 0.6 is 0 Å². The molecule has 4 rings (SSSR count). The molecule has 0 atom stereocenters. The van der Waals surface area contributed by atoms with E-state index in [0.717, 1.165) is 29.9 Å². The molecule has 1 aliphatic carbocycles. The Morgan fingerprint density at radius 3 is 2.85 bits per heavy atom. The monoisotopic (exact) mass is 350 g/mol. The zero-order valence-corrected chi connectivity index (χ0v) is 14.5. The van der Waals surface area contributed by atoms with E-state index < -0.39 is 0 Å². The van der Waals surface area contributed by atoms with Crippen molar-refractivity contribution in [2.45, 2.75) is 25.7 Å². The van der Waals surface area contributed by atoms with E-state index in [2.05, 4.69) is 20.4 Å². The van der Waals surface area contributed by atoms with Crippen LogP contribution in [0.3, 0.4) is 0 Å². The summed E-state index contributed by atoms with van der Waals surface area (Å²) < 4.78 is 11.2. The molecule has 132 valence electrons. The summed E-state index contributed by atoms with van der Waals surface area (Å²) in [6, 6.07) is 9.02. The molecule has 1 fully saturated rings. The second-order valence-corrected chi connectivity index (χ2v) is 6.27. The summed E-state index contributed by atoms with van der Waals surface area (Å²) in [6.07, 6.45) is 3.79. The molecule has 7 heteroatoms. The van der Waals surface area contributed by atoms with Gasteiger partial charge < -0.3 is 14.6 Å². The van der Waals surface area contributed by atoms with Gasteiger partial charge in [0.25, 0.3) is 5.91 Å². The van der Waals surface area contributed by atoms with Gasteiger partial charge >= 0.3 is 0 Å². The highest BCUT2D eigenvalue weighted by molar-refractivity contribution is 5.92. The summed E-state index contributed by atoms with van der Waals surface area (Å²) in [5.41, 5.74) is 2.11. The first-order valence-corrected chi connectivity index (χ1v) is 8.44. The maximum atomic E-state index is 11.7. The maximum Gasteiger partial charge on any atom is 0.269 e. The Bertz CT molecular complexity index is 963. The number of aryl methyl sites for hydroxylation is 1. The van der Waals surface area contributed by atoms with Gasteiger partial charge in [0.1, 0.15) is 17.2 Å². The second-order valence-electron chi connectivity index (χ2n) is 6.27. The van der Waals surface area contributed by atoms with Crippen molar-refractivity contribution in [1.29, 1.82) is 0 Å². The van der Waals surface area contributed by atoms with Gasteiger partial charge in [-0.25, -0.2) is 0 Å². The lowest BCUT2D eigenvalue weighted by atomic mass is 10.1. The highest BCUT2D eigenvalue weighted by Gasteiger charge is 2.29. The first-order chi connectivity index (χ1) is 12.6. The lowest BCUT2D eigenvalue weighted by Gasteiger charge is -2.10. The number of carbonyl (C=O) groups is 1. The Morgan fingerprint density at radius 1 is 1.27 bits per heavy atom. The molecule has 0 radical (unpaired) electrons. The lowest BCUT2D eigenvalue weighted by molar-refractivity contribution is 0.0958. The number of benzene rings is 1. The highest BCUT2D eigenvalue weighted by Crippen LogP contribution is 2.39. The van der Waals surface area contributed by atoms with Crippen molar-refractivity contribution in [1.82, 2.24) is 20.4 Å². The topological polar surface area (TPSA) is 90.1 Å². The normalized spacial score (nSPS) is 13.5. The first-order valence-electron chi connectivity index (χ1n) is 8.44. The Morgan fingerprint density at radius 2 is 2.12 bits per heavy atom. The van der Waals surface area contributed by atoms with Crippen LogP contribution in [-0.2, 0) is 0 Å². The van der Waals surface area contributed by atoms with Gasteiger partial charge in [0, 0.05) is 30.8 Å². The molecule has 1 aliphatic rings. The molecule has 0 aliphatic heterocycles. The number of aromatic nitrogens is 3. The van der Waals surface area contributed by atoms with Crippen LogP contribution in [0.5, 0.6) is 11.5 Å². The third kappa shape index (κ3) is 3.28. The van der Waals surface area contributed by atoms with E-state index in [1.54, 1.807) is 25.4 Å². The average molecular weight is 350 g/mol. The number of carbonyl (C=O) groups excluding carboxylic acids is 1. The van der Waals surface area contributed by atoms with Crippen molar-refractivity contribution < 1.29 is 14.1 Å². The summed E-state index contributed by atoms with van der Waals surface area (Å²) in [6.45, 7) is 1.95. The average Bonchev–Trinajstić information content (AvgIpc) is 3.40. The van der Waals surface area contributed by atoms with Crippen LogP contribution in [0.4, 0.5) is 0 Å². The molecule has 7 nitrogen and oxygen atoms in total. The van der Waals surface area contributed by atoms with E-state index in [1.165, 1.54) is 0 Å². The third-order valence-corrected chi connectivity index (χ3v) is 4.22.